The smallest absolute Gasteiger partial charge is 0.164 e. The van der Waals surface area contributed by atoms with Crippen LogP contribution in [0.3, 0.4) is 0 Å². The molecule has 0 aliphatic heterocycles. The van der Waals surface area contributed by atoms with Gasteiger partial charge in [0.15, 0.2) is 23.1 Å². The summed E-state index contributed by atoms with van der Waals surface area (Å²) in [6.45, 7) is 0. The predicted octanol–water partition coefficient (Wildman–Crippen LogP) is 13.4. The third-order valence-corrected chi connectivity index (χ3v) is 11.1. The van der Waals surface area contributed by atoms with Gasteiger partial charge in [-0.3, -0.25) is 0 Å². The average molecular weight is 731 g/mol. The molecule has 6 heteroatoms. The molecule has 12 rings (SSSR count). The van der Waals surface area contributed by atoms with Gasteiger partial charge in [-0.05, 0) is 42.0 Å². The normalized spacial score (nSPS) is 11.9. The molecule has 0 radical (unpaired) electrons. The van der Waals surface area contributed by atoms with Gasteiger partial charge in [-0.2, -0.15) is 0 Å². The Balaban J connectivity index is 1.24. The van der Waals surface area contributed by atoms with Crippen molar-refractivity contribution in [1.29, 1.82) is 0 Å². The zero-order chi connectivity index (χ0) is 37.5. The minimum Gasteiger partial charge on any atom is -0.455 e. The van der Waals surface area contributed by atoms with Crippen molar-refractivity contribution in [3.63, 3.8) is 0 Å². The molecule has 0 bridgehead atoms. The van der Waals surface area contributed by atoms with Crippen molar-refractivity contribution in [2.75, 3.05) is 0 Å². The van der Waals surface area contributed by atoms with E-state index in [2.05, 4.69) is 95.6 Å². The monoisotopic (exact) mass is 730 g/mol. The number of fused-ring (bicyclic) bond motifs is 10. The Morgan fingerprint density at radius 2 is 0.930 bits per heavy atom. The molecule has 8 aromatic carbocycles. The van der Waals surface area contributed by atoms with Crippen LogP contribution in [0.2, 0.25) is 0 Å². The van der Waals surface area contributed by atoms with Crippen LogP contribution in [-0.2, 0) is 0 Å². The summed E-state index contributed by atoms with van der Waals surface area (Å²) in [4.78, 5) is 15.4. The molecular weight excluding hydrogens is 701 g/mol. The molecule has 4 aromatic heterocycles. The summed E-state index contributed by atoms with van der Waals surface area (Å²) >= 11 is 0. The summed E-state index contributed by atoms with van der Waals surface area (Å²) in [7, 11) is 0. The fourth-order valence-electron chi connectivity index (χ4n) is 8.53. The highest BCUT2D eigenvalue weighted by molar-refractivity contribution is 6.24. The summed E-state index contributed by atoms with van der Waals surface area (Å²) in [5.74, 6) is 1.77. The maximum atomic E-state index is 7.02. The summed E-state index contributed by atoms with van der Waals surface area (Å²) in [5.41, 5.74) is 11.0. The van der Waals surface area contributed by atoms with Crippen LogP contribution in [0.1, 0.15) is 0 Å². The Kier molecular flexibility index (Phi) is 6.83. The standard InChI is InChI=1S/C51H30N4O2/c1-4-15-31(16-5-1)34-29-30-41(55-40-24-12-10-21-35(40)37-27-28-38-36-22-11-13-25-42(36)56-48(38)46(37)55)45-44-39(23-14-26-43(44)57-47(34)45)51-53-49(32-17-6-2-7-18-32)52-50(54-51)33-19-8-3-9-20-33/h1-30H. The molecule has 57 heavy (non-hydrogen) atoms. The number of hydrogen-bond acceptors (Lipinski definition) is 5. The quantitative estimate of drug-likeness (QED) is 0.176. The van der Waals surface area contributed by atoms with Gasteiger partial charge in [0.2, 0.25) is 0 Å². The number of aromatic nitrogens is 4. The molecule has 6 nitrogen and oxygen atoms in total. The summed E-state index contributed by atoms with van der Waals surface area (Å²) < 4.78 is 16.1. The fourth-order valence-corrected chi connectivity index (χ4v) is 8.53. The van der Waals surface area contributed by atoms with Crippen LogP contribution in [0.25, 0.3) is 117 Å². The Morgan fingerprint density at radius 3 is 1.67 bits per heavy atom. The van der Waals surface area contributed by atoms with E-state index in [4.69, 9.17) is 23.8 Å². The van der Waals surface area contributed by atoms with Crippen molar-refractivity contribution in [2.45, 2.75) is 0 Å². The van der Waals surface area contributed by atoms with Gasteiger partial charge in [0.1, 0.15) is 16.7 Å². The second-order valence-electron chi connectivity index (χ2n) is 14.3. The van der Waals surface area contributed by atoms with Gasteiger partial charge in [0.25, 0.3) is 0 Å². The van der Waals surface area contributed by atoms with Gasteiger partial charge < -0.3 is 13.4 Å². The molecular formula is C51H30N4O2. The van der Waals surface area contributed by atoms with E-state index in [1.54, 1.807) is 0 Å². The lowest BCUT2D eigenvalue weighted by atomic mass is 9.98. The molecule has 0 unspecified atom stereocenters. The molecule has 0 saturated heterocycles. The third kappa shape index (κ3) is 4.81. The Hall–Kier alpha value is -7.83. The molecule has 0 atom stereocenters. The van der Waals surface area contributed by atoms with Crippen LogP contribution in [0, 0.1) is 0 Å². The number of benzene rings is 8. The third-order valence-electron chi connectivity index (χ3n) is 11.1. The van der Waals surface area contributed by atoms with Crippen molar-refractivity contribution >= 4 is 65.7 Å². The first-order valence-electron chi connectivity index (χ1n) is 19.0. The van der Waals surface area contributed by atoms with Gasteiger partial charge in [-0.25, -0.2) is 15.0 Å². The molecule has 0 amide bonds. The molecule has 0 aliphatic carbocycles. The van der Waals surface area contributed by atoms with Crippen molar-refractivity contribution in [2.24, 2.45) is 0 Å². The Bertz CT molecular complexity index is 3450. The SMILES string of the molecule is c1ccc(-c2nc(-c3ccccc3)nc(-c3cccc4oc5c(-c6ccccc6)ccc(-n6c7ccccc7c7ccc8c9ccccc9oc8c76)c5c34)n2)cc1. The van der Waals surface area contributed by atoms with Crippen LogP contribution < -0.4 is 0 Å². The number of nitrogens with zero attached hydrogens (tertiary/aromatic N) is 4. The average Bonchev–Trinajstić information content (AvgIpc) is 3.97. The highest BCUT2D eigenvalue weighted by atomic mass is 16.3. The molecule has 0 fully saturated rings. The molecule has 0 aliphatic rings. The van der Waals surface area contributed by atoms with E-state index >= 15 is 0 Å². The van der Waals surface area contributed by atoms with Crippen LogP contribution in [-0.4, -0.2) is 19.5 Å². The largest absolute Gasteiger partial charge is 0.455 e. The highest BCUT2D eigenvalue weighted by Gasteiger charge is 2.26. The van der Waals surface area contributed by atoms with Crippen LogP contribution in [0.5, 0.6) is 0 Å². The van der Waals surface area contributed by atoms with Gasteiger partial charge >= 0.3 is 0 Å². The minimum absolute atomic E-state index is 0.564. The lowest BCUT2D eigenvalue weighted by molar-refractivity contribution is 0.669. The number of hydrogen-bond donors (Lipinski definition) is 0. The van der Waals surface area contributed by atoms with E-state index in [0.717, 1.165) is 99.2 Å². The maximum Gasteiger partial charge on any atom is 0.164 e. The first-order valence-corrected chi connectivity index (χ1v) is 19.0. The first kappa shape index (κ1) is 31.5. The summed E-state index contributed by atoms with van der Waals surface area (Å²) in [5, 5.41) is 6.30. The molecule has 4 heterocycles. The first-order chi connectivity index (χ1) is 28.3. The molecule has 0 saturated carbocycles. The number of furan rings is 2. The fraction of sp³-hybridized carbons (Fsp3) is 0. The second-order valence-corrected chi connectivity index (χ2v) is 14.3. The minimum atomic E-state index is 0.564. The van der Waals surface area contributed by atoms with Crippen molar-refractivity contribution in [1.82, 2.24) is 19.5 Å². The lowest BCUT2D eigenvalue weighted by Crippen LogP contribution is -2.00. The molecule has 12 aromatic rings. The Morgan fingerprint density at radius 1 is 0.351 bits per heavy atom. The zero-order valence-electron chi connectivity index (χ0n) is 30.4. The topological polar surface area (TPSA) is 69.9 Å². The van der Waals surface area contributed by atoms with E-state index in [1.807, 2.05) is 91.0 Å². The lowest BCUT2D eigenvalue weighted by Gasteiger charge is -2.13. The molecule has 0 spiro atoms. The summed E-state index contributed by atoms with van der Waals surface area (Å²) in [6, 6.07) is 62.4. The van der Waals surface area contributed by atoms with E-state index < -0.39 is 0 Å². The van der Waals surface area contributed by atoms with Crippen LogP contribution >= 0.6 is 0 Å². The zero-order valence-corrected chi connectivity index (χ0v) is 30.4. The van der Waals surface area contributed by atoms with Crippen molar-refractivity contribution in [3.8, 4) is 51.0 Å². The second kappa shape index (κ2) is 12.3. The van der Waals surface area contributed by atoms with Gasteiger partial charge in [0.05, 0.1) is 22.1 Å². The number of rotatable bonds is 5. The molecule has 266 valence electrons. The van der Waals surface area contributed by atoms with E-state index in [-0.39, 0.29) is 0 Å². The number of para-hydroxylation sites is 2. The van der Waals surface area contributed by atoms with Crippen molar-refractivity contribution < 1.29 is 8.83 Å². The Labute approximate surface area is 325 Å². The van der Waals surface area contributed by atoms with Crippen LogP contribution in [0.4, 0.5) is 0 Å². The van der Waals surface area contributed by atoms with E-state index in [1.165, 1.54) is 0 Å². The van der Waals surface area contributed by atoms with Gasteiger partial charge in [-0.15, -0.1) is 0 Å². The predicted molar refractivity (Wildman–Crippen MR) is 230 cm³/mol. The van der Waals surface area contributed by atoms with E-state index in [9.17, 15) is 0 Å². The molecule has 0 N–H and O–H groups in total. The van der Waals surface area contributed by atoms with Gasteiger partial charge in [0, 0.05) is 49.2 Å². The highest BCUT2D eigenvalue weighted by Crippen LogP contribution is 2.47. The maximum absolute atomic E-state index is 7.02. The van der Waals surface area contributed by atoms with E-state index in [0.29, 0.717) is 17.5 Å². The van der Waals surface area contributed by atoms with Gasteiger partial charge in [-0.1, -0.05) is 146 Å². The van der Waals surface area contributed by atoms with Crippen molar-refractivity contribution in [3.05, 3.63) is 182 Å². The summed E-state index contributed by atoms with van der Waals surface area (Å²) in [6.07, 6.45) is 0. The van der Waals surface area contributed by atoms with Crippen LogP contribution in [0.15, 0.2) is 191 Å².